The van der Waals surface area contributed by atoms with Crippen LogP contribution in [0.3, 0.4) is 0 Å². The van der Waals surface area contributed by atoms with E-state index in [1.807, 2.05) is 60.7 Å². The molecule has 4 aromatic rings. The Kier molecular flexibility index (Phi) is 8.39. The van der Waals surface area contributed by atoms with Crippen molar-refractivity contribution in [3.05, 3.63) is 129 Å². The van der Waals surface area contributed by atoms with Gasteiger partial charge >= 0.3 is 0 Å². The van der Waals surface area contributed by atoms with Crippen LogP contribution in [0.4, 0.5) is 11.4 Å². The van der Waals surface area contributed by atoms with Gasteiger partial charge in [0.2, 0.25) is 0 Å². The van der Waals surface area contributed by atoms with Gasteiger partial charge in [0, 0.05) is 32.3 Å². The number of anilines is 2. The molecule has 200 valence electrons. The molecule has 10 heteroatoms. The Bertz CT molecular complexity index is 1490. The van der Waals surface area contributed by atoms with Gasteiger partial charge in [-0.25, -0.2) is 0 Å². The van der Waals surface area contributed by atoms with Crippen LogP contribution in [0.1, 0.15) is 22.3 Å². The molecule has 0 aromatic heterocycles. The minimum Gasteiger partial charge on any atom is -0.385 e. The van der Waals surface area contributed by atoms with Gasteiger partial charge in [-0.1, -0.05) is 94.2 Å². The summed E-state index contributed by atoms with van der Waals surface area (Å²) in [6.07, 6.45) is 0. The van der Waals surface area contributed by atoms with Gasteiger partial charge in [-0.05, 0) is 36.4 Å². The van der Waals surface area contributed by atoms with Gasteiger partial charge in [0.05, 0.1) is 11.4 Å². The van der Waals surface area contributed by atoms with Crippen molar-refractivity contribution in [2.75, 3.05) is 23.8 Å². The van der Waals surface area contributed by atoms with E-state index in [0.717, 1.165) is 0 Å². The molecule has 0 saturated heterocycles. The number of carbonyl (C=O) groups excluding carboxylic acids is 2. The molecule has 0 atom stereocenters. The molecule has 2 amide bonds. The van der Waals surface area contributed by atoms with Crippen molar-refractivity contribution in [1.82, 2.24) is 0 Å². The number of benzene rings is 4. The predicted molar refractivity (Wildman–Crippen MR) is 156 cm³/mol. The van der Waals surface area contributed by atoms with Crippen molar-refractivity contribution in [3.8, 4) is 0 Å². The first kappa shape index (κ1) is 26.9. The molecule has 1 heterocycles. The zero-order valence-electron chi connectivity index (χ0n) is 20.9. The summed E-state index contributed by atoms with van der Waals surface area (Å²) in [5.41, 5.74) is 3.95. The van der Waals surface area contributed by atoms with Crippen molar-refractivity contribution in [3.63, 3.8) is 0 Å². The lowest BCUT2D eigenvalue weighted by atomic mass is 10.0. The maximum Gasteiger partial charge on any atom is 0.265 e. The van der Waals surface area contributed by atoms with E-state index >= 15 is 0 Å². The van der Waals surface area contributed by atoms with Gasteiger partial charge in [0.25, 0.3) is 11.8 Å². The summed E-state index contributed by atoms with van der Waals surface area (Å²) in [6.45, 7) is -0.788. The number of nitrogens with one attached hydrogen (secondary N) is 2. The van der Waals surface area contributed by atoms with Crippen LogP contribution in [-0.2, 0) is 19.3 Å². The summed E-state index contributed by atoms with van der Waals surface area (Å²) in [5.74, 6) is -0.917. The minimum atomic E-state index is -0.459. The van der Waals surface area contributed by atoms with Crippen LogP contribution >= 0.6 is 23.2 Å². The van der Waals surface area contributed by atoms with Gasteiger partial charge < -0.3 is 20.3 Å². The third-order valence-corrected chi connectivity index (χ3v) is 6.29. The van der Waals surface area contributed by atoms with Crippen molar-refractivity contribution in [2.45, 2.75) is 0 Å². The Labute approximate surface area is 240 Å². The van der Waals surface area contributed by atoms with E-state index in [1.165, 1.54) is 0 Å². The van der Waals surface area contributed by atoms with Gasteiger partial charge in [-0.15, -0.1) is 0 Å². The number of hydrogen-bond acceptors (Lipinski definition) is 6. The first-order valence-electron chi connectivity index (χ1n) is 12.2. The number of hydrogen-bond donors (Lipinski definition) is 2. The van der Waals surface area contributed by atoms with Crippen LogP contribution in [-0.4, -0.2) is 36.5 Å². The van der Waals surface area contributed by atoms with E-state index in [9.17, 15) is 9.59 Å². The Morgan fingerprint density at radius 3 is 1.38 bits per heavy atom. The fourth-order valence-electron chi connectivity index (χ4n) is 4.03. The Hall–Kier alpha value is -4.66. The van der Waals surface area contributed by atoms with Gasteiger partial charge in [0.1, 0.15) is 11.4 Å². The highest BCUT2D eigenvalue weighted by molar-refractivity contribution is 6.32. The maximum atomic E-state index is 13.0. The van der Waals surface area contributed by atoms with Crippen molar-refractivity contribution in [1.29, 1.82) is 0 Å². The summed E-state index contributed by atoms with van der Waals surface area (Å²) in [6, 6.07) is 28.3. The van der Waals surface area contributed by atoms with Crippen LogP contribution in [0, 0.1) is 0 Å². The number of rotatable bonds is 2. The molecule has 0 aliphatic carbocycles. The first-order chi connectivity index (χ1) is 19.5. The highest BCUT2D eigenvalue weighted by atomic mass is 35.5. The molecule has 2 N–H and O–H groups in total. The molecule has 1 aliphatic heterocycles. The fraction of sp³-hybridized carbons (Fsp3) is 0.0667. The van der Waals surface area contributed by atoms with Gasteiger partial charge in [0.15, 0.2) is 13.2 Å². The summed E-state index contributed by atoms with van der Waals surface area (Å²) in [4.78, 5) is 37.0. The lowest BCUT2D eigenvalue weighted by Gasteiger charge is -2.16. The lowest BCUT2D eigenvalue weighted by molar-refractivity contribution is -0.121. The van der Waals surface area contributed by atoms with E-state index in [2.05, 4.69) is 20.9 Å². The molecule has 8 nitrogen and oxygen atoms in total. The van der Waals surface area contributed by atoms with Crippen molar-refractivity contribution in [2.24, 2.45) is 10.3 Å². The number of amides is 2. The average molecular weight is 573 g/mol. The second kappa shape index (κ2) is 12.5. The molecule has 0 saturated carbocycles. The number of oxime groups is 2. The second-order valence-electron chi connectivity index (χ2n) is 8.63. The van der Waals surface area contributed by atoms with Crippen LogP contribution < -0.4 is 10.6 Å². The molecule has 0 radical (unpaired) electrons. The number of fused-ring (bicyclic) bond motifs is 2. The predicted octanol–water partition coefficient (Wildman–Crippen LogP) is 6.12. The third-order valence-electron chi connectivity index (χ3n) is 5.82. The van der Waals surface area contributed by atoms with Crippen molar-refractivity contribution >= 4 is 57.8 Å². The Balaban J connectivity index is 1.58. The molecular weight excluding hydrogens is 551 g/mol. The van der Waals surface area contributed by atoms with Crippen LogP contribution in [0.2, 0.25) is 10.0 Å². The highest BCUT2D eigenvalue weighted by Gasteiger charge is 2.19. The SMILES string of the molecule is O=C1CO/N=C(/c2ccccc2)c2cc(Cl)ccc2NC(=O)CO/N=C(/c2ccccc2)c2cc(Cl)ccc2N1. The highest BCUT2D eigenvalue weighted by Crippen LogP contribution is 2.27. The van der Waals surface area contributed by atoms with E-state index in [4.69, 9.17) is 32.9 Å². The molecule has 0 spiro atoms. The topological polar surface area (TPSA) is 101 Å². The lowest BCUT2D eigenvalue weighted by Crippen LogP contribution is -2.22. The number of carbonyl (C=O) groups is 2. The average Bonchev–Trinajstić information content (AvgIpc) is 2.96. The summed E-state index contributed by atoms with van der Waals surface area (Å²) in [7, 11) is 0. The van der Waals surface area contributed by atoms with Crippen molar-refractivity contribution < 1.29 is 19.3 Å². The zero-order valence-corrected chi connectivity index (χ0v) is 22.4. The fourth-order valence-corrected chi connectivity index (χ4v) is 4.38. The molecular formula is C30H22Cl2N4O4. The minimum absolute atomic E-state index is 0.371. The smallest absolute Gasteiger partial charge is 0.265 e. The summed E-state index contributed by atoms with van der Waals surface area (Å²) < 4.78 is 0. The van der Waals surface area contributed by atoms with E-state index in [0.29, 0.717) is 55.1 Å². The van der Waals surface area contributed by atoms with Crippen LogP contribution in [0.15, 0.2) is 107 Å². The van der Waals surface area contributed by atoms with E-state index in [-0.39, 0.29) is 0 Å². The monoisotopic (exact) mass is 572 g/mol. The Morgan fingerprint density at radius 1 is 0.575 bits per heavy atom. The quantitative estimate of drug-likeness (QED) is 0.302. The van der Waals surface area contributed by atoms with E-state index < -0.39 is 25.0 Å². The number of halogens is 2. The summed E-state index contributed by atoms with van der Waals surface area (Å²) >= 11 is 12.6. The van der Waals surface area contributed by atoms with Crippen LogP contribution in [0.5, 0.6) is 0 Å². The molecule has 0 bridgehead atoms. The largest absolute Gasteiger partial charge is 0.385 e. The molecule has 5 rings (SSSR count). The summed E-state index contributed by atoms with van der Waals surface area (Å²) in [5, 5.41) is 15.1. The Morgan fingerprint density at radius 2 is 0.975 bits per heavy atom. The van der Waals surface area contributed by atoms with Gasteiger partial charge in [-0.2, -0.15) is 0 Å². The second-order valence-corrected chi connectivity index (χ2v) is 9.51. The third kappa shape index (κ3) is 6.48. The molecule has 0 fully saturated rings. The molecule has 1 aliphatic rings. The number of nitrogens with zero attached hydrogens (tertiary/aromatic N) is 2. The normalized spacial score (nSPS) is 16.9. The zero-order chi connectivity index (χ0) is 27.9. The first-order valence-corrected chi connectivity index (χ1v) is 12.9. The molecule has 4 aromatic carbocycles. The van der Waals surface area contributed by atoms with Crippen LogP contribution in [0.25, 0.3) is 0 Å². The molecule has 40 heavy (non-hydrogen) atoms. The van der Waals surface area contributed by atoms with E-state index in [1.54, 1.807) is 36.4 Å². The maximum absolute atomic E-state index is 13.0. The van der Waals surface area contributed by atoms with Gasteiger partial charge in [-0.3, -0.25) is 9.59 Å². The standard InChI is InChI=1S/C30H22Cl2N4O4/c31-21-11-13-25-23(15-21)29(19-7-3-1-4-8-19)35-39-17-27(37)34-26-14-12-22(32)16-24(26)30(20-9-5-2-6-10-20)36-40-18-28(38)33-25/h1-16H,17-18H2,(H,33,38)(H,34,37)/b35-29-,36-30-. The molecule has 0 unspecified atom stereocenters.